The highest BCUT2D eigenvalue weighted by atomic mass is 35.5. The Kier molecular flexibility index (Phi) is 4.36. The zero-order valence-corrected chi connectivity index (χ0v) is 10.8. The fourth-order valence-corrected chi connectivity index (χ4v) is 2.18. The standard InChI is InChI=1S/C10H14Cl2N4O/c11-8-13-9(12)15-10(14-8)16(5-2-6-17)7-3-1-4-7/h7,17H,1-6H2. The molecule has 0 atom stereocenters. The zero-order chi connectivity index (χ0) is 12.3. The van der Waals surface area contributed by atoms with Crippen LogP contribution >= 0.6 is 23.2 Å². The van der Waals surface area contributed by atoms with Gasteiger partial charge >= 0.3 is 0 Å². The number of hydrogen-bond donors (Lipinski definition) is 1. The molecule has 1 aromatic heterocycles. The van der Waals surface area contributed by atoms with Crippen molar-refractivity contribution in [2.75, 3.05) is 18.1 Å². The molecule has 1 heterocycles. The van der Waals surface area contributed by atoms with E-state index in [1.807, 2.05) is 0 Å². The molecule has 2 rings (SSSR count). The van der Waals surface area contributed by atoms with Crippen LogP contribution in [0.15, 0.2) is 0 Å². The summed E-state index contributed by atoms with van der Waals surface area (Å²) < 4.78 is 0. The molecule has 1 aromatic rings. The maximum absolute atomic E-state index is 8.91. The molecule has 17 heavy (non-hydrogen) atoms. The molecule has 0 aliphatic heterocycles. The van der Waals surface area contributed by atoms with Gasteiger partial charge in [-0.3, -0.25) is 0 Å². The average Bonchev–Trinajstić information content (AvgIpc) is 2.19. The van der Waals surface area contributed by atoms with Gasteiger partial charge in [0.1, 0.15) is 0 Å². The van der Waals surface area contributed by atoms with Crippen LogP contribution < -0.4 is 4.90 Å². The van der Waals surface area contributed by atoms with Crippen LogP contribution in [0, 0.1) is 0 Å². The van der Waals surface area contributed by atoms with Crippen LogP contribution in [0.4, 0.5) is 5.95 Å². The van der Waals surface area contributed by atoms with E-state index >= 15 is 0 Å². The fourth-order valence-electron chi connectivity index (χ4n) is 1.83. The minimum atomic E-state index is 0.105. The molecule has 0 radical (unpaired) electrons. The molecular formula is C10H14Cl2N4O. The maximum atomic E-state index is 8.91. The predicted molar refractivity (Wildman–Crippen MR) is 66.5 cm³/mol. The van der Waals surface area contributed by atoms with Gasteiger partial charge in [0.15, 0.2) is 0 Å². The van der Waals surface area contributed by atoms with Gasteiger partial charge in [-0.05, 0) is 48.9 Å². The predicted octanol–water partition coefficient (Wildman–Crippen LogP) is 1.92. The summed E-state index contributed by atoms with van der Waals surface area (Å²) in [5.74, 6) is 0.508. The smallest absolute Gasteiger partial charge is 0.231 e. The van der Waals surface area contributed by atoms with Crippen molar-refractivity contribution in [1.82, 2.24) is 15.0 Å². The minimum Gasteiger partial charge on any atom is -0.396 e. The van der Waals surface area contributed by atoms with Crippen molar-refractivity contribution < 1.29 is 5.11 Å². The second-order valence-electron chi connectivity index (χ2n) is 4.03. The molecule has 0 unspecified atom stereocenters. The Morgan fingerprint density at radius 1 is 1.18 bits per heavy atom. The number of halogens is 2. The first kappa shape index (κ1) is 12.8. The van der Waals surface area contributed by atoms with E-state index in [9.17, 15) is 0 Å². The molecule has 1 fully saturated rings. The van der Waals surface area contributed by atoms with Crippen LogP contribution in [0.3, 0.4) is 0 Å². The maximum Gasteiger partial charge on any atom is 0.231 e. The second-order valence-corrected chi connectivity index (χ2v) is 4.70. The van der Waals surface area contributed by atoms with Gasteiger partial charge in [-0.2, -0.15) is 15.0 Å². The molecular weight excluding hydrogens is 263 g/mol. The highest BCUT2D eigenvalue weighted by Crippen LogP contribution is 2.28. The molecule has 0 spiro atoms. The molecule has 1 saturated carbocycles. The number of aliphatic hydroxyl groups is 1. The molecule has 0 aromatic carbocycles. The van der Waals surface area contributed by atoms with E-state index in [-0.39, 0.29) is 17.2 Å². The molecule has 94 valence electrons. The van der Waals surface area contributed by atoms with E-state index in [0.717, 1.165) is 12.8 Å². The summed E-state index contributed by atoms with van der Waals surface area (Å²) in [6.45, 7) is 0.855. The molecule has 1 N–H and O–H groups in total. The SMILES string of the molecule is OCCCN(c1nc(Cl)nc(Cl)n1)C1CCC1. The van der Waals surface area contributed by atoms with E-state index in [2.05, 4.69) is 19.9 Å². The van der Waals surface area contributed by atoms with Crippen molar-refractivity contribution >= 4 is 29.2 Å². The number of rotatable bonds is 5. The summed E-state index contributed by atoms with van der Waals surface area (Å²) in [5, 5.41) is 9.12. The molecule has 0 amide bonds. The highest BCUT2D eigenvalue weighted by molar-refractivity contribution is 6.31. The molecule has 0 saturated heterocycles. The van der Waals surface area contributed by atoms with Crippen LogP contribution in [0.25, 0.3) is 0 Å². The van der Waals surface area contributed by atoms with Gasteiger partial charge in [0, 0.05) is 19.2 Å². The summed E-state index contributed by atoms with van der Waals surface area (Å²) in [5.41, 5.74) is 0. The first-order chi connectivity index (χ1) is 8.20. The summed E-state index contributed by atoms with van der Waals surface area (Å²) >= 11 is 11.5. The van der Waals surface area contributed by atoms with Crippen LogP contribution in [-0.2, 0) is 0 Å². The van der Waals surface area contributed by atoms with Gasteiger partial charge in [0.2, 0.25) is 16.5 Å². The fraction of sp³-hybridized carbons (Fsp3) is 0.700. The van der Waals surface area contributed by atoms with E-state index in [0.29, 0.717) is 25.0 Å². The van der Waals surface area contributed by atoms with E-state index < -0.39 is 0 Å². The Bertz CT molecular complexity index is 366. The van der Waals surface area contributed by atoms with Crippen molar-refractivity contribution in [2.24, 2.45) is 0 Å². The topological polar surface area (TPSA) is 62.1 Å². The first-order valence-corrected chi connectivity index (χ1v) is 6.41. The summed E-state index contributed by atoms with van der Waals surface area (Å²) in [7, 11) is 0. The van der Waals surface area contributed by atoms with Crippen molar-refractivity contribution in [3.8, 4) is 0 Å². The van der Waals surface area contributed by atoms with E-state index in [1.165, 1.54) is 6.42 Å². The largest absolute Gasteiger partial charge is 0.396 e. The van der Waals surface area contributed by atoms with Gasteiger partial charge in [-0.1, -0.05) is 0 Å². The Balaban J connectivity index is 2.17. The third-order valence-corrected chi connectivity index (χ3v) is 3.24. The molecule has 0 bridgehead atoms. The van der Waals surface area contributed by atoms with E-state index in [4.69, 9.17) is 28.3 Å². The minimum absolute atomic E-state index is 0.105. The van der Waals surface area contributed by atoms with E-state index in [1.54, 1.807) is 0 Å². The van der Waals surface area contributed by atoms with Gasteiger partial charge in [0.05, 0.1) is 0 Å². The molecule has 1 aliphatic carbocycles. The average molecular weight is 277 g/mol. The summed E-state index contributed by atoms with van der Waals surface area (Å²) in [6.07, 6.45) is 4.13. The van der Waals surface area contributed by atoms with Gasteiger partial charge in [-0.25, -0.2) is 0 Å². The lowest BCUT2D eigenvalue weighted by molar-refractivity contribution is 0.282. The van der Waals surface area contributed by atoms with Gasteiger partial charge in [-0.15, -0.1) is 0 Å². The molecule has 7 heteroatoms. The van der Waals surface area contributed by atoms with Gasteiger partial charge < -0.3 is 10.0 Å². The van der Waals surface area contributed by atoms with Gasteiger partial charge in [0.25, 0.3) is 0 Å². The van der Waals surface area contributed by atoms with Crippen LogP contribution in [0.1, 0.15) is 25.7 Å². The first-order valence-electron chi connectivity index (χ1n) is 5.65. The Hall–Kier alpha value is -0.650. The Morgan fingerprint density at radius 3 is 2.29 bits per heavy atom. The van der Waals surface area contributed by atoms with Crippen LogP contribution in [0.5, 0.6) is 0 Å². The summed E-state index contributed by atoms with van der Waals surface area (Å²) in [6, 6.07) is 0.427. The van der Waals surface area contributed by atoms with Crippen LogP contribution in [-0.4, -0.2) is 39.3 Å². The Morgan fingerprint density at radius 2 is 1.82 bits per heavy atom. The lowest BCUT2D eigenvalue weighted by atomic mass is 9.91. The zero-order valence-electron chi connectivity index (χ0n) is 9.31. The highest BCUT2D eigenvalue weighted by Gasteiger charge is 2.27. The summed E-state index contributed by atoms with van der Waals surface area (Å²) in [4.78, 5) is 14.0. The molecule has 1 aliphatic rings. The molecule has 5 nitrogen and oxygen atoms in total. The van der Waals surface area contributed by atoms with Crippen molar-refractivity contribution in [3.05, 3.63) is 10.6 Å². The number of aromatic nitrogens is 3. The third-order valence-electron chi connectivity index (χ3n) is 2.90. The number of nitrogens with zero attached hydrogens (tertiary/aromatic N) is 4. The van der Waals surface area contributed by atoms with Crippen molar-refractivity contribution in [1.29, 1.82) is 0 Å². The lowest BCUT2D eigenvalue weighted by Crippen LogP contribution is -2.42. The quantitative estimate of drug-likeness (QED) is 0.890. The third kappa shape index (κ3) is 3.18. The second kappa shape index (κ2) is 5.80. The van der Waals surface area contributed by atoms with Crippen molar-refractivity contribution in [2.45, 2.75) is 31.7 Å². The monoisotopic (exact) mass is 276 g/mol. The lowest BCUT2D eigenvalue weighted by Gasteiger charge is -2.37. The number of hydrogen-bond acceptors (Lipinski definition) is 5. The normalized spacial score (nSPS) is 15.7. The van der Waals surface area contributed by atoms with Crippen molar-refractivity contribution in [3.63, 3.8) is 0 Å². The Labute approximate surface area is 110 Å². The number of aliphatic hydroxyl groups excluding tert-OH is 1. The number of anilines is 1. The van der Waals surface area contributed by atoms with Crippen LogP contribution in [0.2, 0.25) is 10.6 Å².